The molecule has 1 aromatic rings. The number of halogens is 1. The van der Waals surface area contributed by atoms with E-state index < -0.39 is 0 Å². The zero-order valence-corrected chi connectivity index (χ0v) is 11.4. The normalized spacial score (nSPS) is 17.3. The Labute approximate surface area is 109 Å². The number of benzene rings is 1. The minimum Gasteiger partial charge on any atom is -0.294 e. The molecule has 2 nitrogen and oxygen atoms in total. The van der Waals surface area contributed by atoms with Crippen LogP contribution in [0.15, 0.2) is 28.7 Å². The molecular weight excluding hydrogens is 286 g/mol. The maximum atomic E-state index is 12.0. The average molecular weight is 300 g/mol. The van der Waals surface area contributed by atoms with E-state index in [1.165, 1.54) is 0 Å². The molecule has 0 aliphatic carbocycles. The smallest absolute Gasteiger partial charge is 0.176 e. The molecule has 0 bridgehead atoms. The fourth-order valence-electron chi connectivity index (χ4n) is 1.72. The first-order chi connectivity index (χ1) is 7.75. The third kappa shape index (κ3) is 3.34. The van der Waals surface area contributed by atoms with E-state index in [0.29, 0.717) is 6.54 Å². The second kappa shape index (κ2) is 5.84. The number of rotatable bonds is 3. The monoisotopic (exact) mass is 299 g/mol. The lowest BCUT2D eigenvalue weighted by atomic mass is 10.1. The Balaban J connectivity index is 1.97. The number of carbonyl (C=O) groups excluding carboxylic acids is 1. The van der Waals surface area contributed by atoms with Gasteiger partial charge in [0.05, 0.1) is 6.54 Å². The topological polar surface area (TPSA) is 20.3 Å². The maximum absolute atomic E-state index is 12.0. The molecule has 1 saturated heterocycles. The summed E-state index contributed by atoms with van der Waals surface area (Å²) in [5.41, 5.74) is 0.799. The summed E-state index contributed by atoms with van der Waals surface area (Å²) in [5, 5.41) is 0. The van der Waals surface area contributed by atoms with Crippen LogP contribution < -0.4 is 0 Å². The average Bonchev–Trinajstić information content (AvgIpc) is 2.30. The maximum Gasteiger partial charge on any atom is 0.176 e. The summed E-state index contributed by atoms with van der Waals surface area (Å²) in [4.78, 5) is 14.2. The summed E-state index contributed by atoms with van der Waals surface area (Å²) >= 11 is 5.35. The van der Waals surface area contributed by atoms with Crippen molar-refractivity contribution in [2.75, 3.05) is 31.1 Å². The molecule has 1 aromatic carbocycles. The number of hydrogen-bond acceptors (Lipinski definition) is 3. The fraction of sp³-hybridized carbons (Fsp3) is 0.417. The summed E-state index contributed by atoms with van der Waals surface area (Å²) < 4.78 is 0.965. The molecule has 0 aromatic heterocycles. The third-order valence-corrected chi connectivity index (χ3v) is 4.05. The molecule has 1 aliphatic rings. The number of hydrogen-bond donors (Lipinski definition) is 0. The van der Waals surface area contributed by atoms with Crippen LogP contribution in [0.4, 0.5) is 0 Å². The lowest BCUT2D eigenvalue weighted by Gasteiger charge is -2.25. The van der Waals surface area contributed by atoms with E-state index in [0.717, 1.165) is 34.6 Å². The summed E-state index contributed by atoms with van der Waals surface area (Å²) in [6, 6.07) is 7.62. The second-order valence-corrected chi connectivity index (χ2v) is 5.96. The van der Waals surface area contributed by atoms with E-state index in [1.807, 2.05) is 36.0 Å². The van der Waals surface area contributed by atoms with Crippen molar-refractivity contribution < 1.29 is 4.79 Å². The molecule has 0 spiro atoms. The standard InChI is InChI=1S/C12H14BrNOS/c13-11-3-1-2-10(8-11)12(15)9-14-4-6-16-7-5-14/h1-3,8H,4-7,9H2. The Kier molecular flexibility index (Phi) is 4.44. The highest BCUT2D eigenvalue weighted by atomic mass is 79.9. The van der Waals surface area contributed by atoms with Crippen LogP contribution in [0.3, 0.4) is 0 Å². The van der Waals surface area contributed by atoms with E-state index in [2.05, 4.69) is 20.8 Å². The van der Waals surface area contributed by atoms with Crippen molar-refractivity contribution in [3.05, 3.63) is 34.3 Å². The first-order valence-corrected chi connectivity index (χ1v) is 7.29. The van der Waals surface area contributed by atoms with Gasteiger partial charge in [0.25, 0.3) is 0 Å². The largest absolute Gasteiger partial charge is 0.294 e. The van der Waals surface area contributed by atoms with Crippen molar-refractivity contribution in [1.82, 2.24) is 4.90 Å². The van der Waals surface area contributed by atoms with Gasteiger partial charge < -0.3 is 0 Å². The zero-order chi connectivity index (χ0) is 11.4. The van der Waals surface area contributed by atoms with Crippen molar-refractivity contribution in [3.8, 4) is 0 Å². The van der Waals surface area contributed by atoms with Gasteiger partial charge in [-0.05, 0) is 12.1 Å². The summed E-state index contributed by atoms with van der Waals surface area (Å²) in [5.74, 6) is 2.51. The van der Waals surface area contributed by atoms with Crippen LogP contribution in [0, 0.1) is 0 Å². The van der Waals surface area contributed by atoms with Crippen molar-refractivity contribution in [1.29, 1.82) is 0 Å². The molecule has 0 N–H and O–H groups in total. The highest BCUT2D eigenvalue weighted by Gasteiger charge is 2.15. The molecule has 16 heavy (non-hydrogen) atoms. The van der Waals surface area contributed by atoms with Crippen LogP contribution in [-0.4, -0.2) is 41.8 Å². The Morgan fingerprint density at radius 3 is 2.81 bits per heavy atom. The van der Waals surface area contributed by atoms with Crippen molar-refractivity contribution in [3.63, 3.8) is 0 Å². The summed E-state index contributed by atoms with van der Waals surface area (Å²) in [7, 11) is 0. The Hall–Kier alpha value is -0.320. The quantitative estimate of drug-likeness (QED) is 0.801. The fourth-order valence-corrected chi connectivity index (χ4v) is 3.09. The zero-order valence-electron chi connectivity index (χ0n) is 8.99. The van der Waals surface area contributed by atoms with Gasteiger partial charge in [-0.15, -0.1) is 0 Å². The van der Waals surface area contributed by atoms with Gasteiger partial charge in [0, 0.05) is 34.6 Å². The van der Waals surface area contributed by atoms with Crippen molar-refractivity contribution >= 4 is 33.5 Å². The van der Waals surface area contributed by atoms with Gasteiger partial charge in [0.15, 0.2) is 5.78 Å². The van der Waals surface area contributed by atoms with Crippen LogP contribution >= 0.6 is 27.7 Å². The molecule has 1 fully saturated rings. The highest BCUT2D eigenvalue weighted by Crippen LogP contribution is 2.14. The summed E-state index contributed by atoms with van der Waals surface area (Å²) in [6.07, 6.45) is 0. The molecule has 0 unspecified atom stereocenters. The number of Topliss-reactive ketones (excluding diaryl/α,β-unsaturated/α-hetero) is 1. The molecular formula is C12H14BrNOS. The molecule has 0 amide bonds. The molecule has 86 valence electrons. The van der Waals surface area contributed by atoms with Gasteiger partial charge in [0.1, 0.15) is 0 Å². The van der Waals surface area contributed by atoms with E-state index >= 15 is 0 Å². The SMILES string of the molecule is O=C(CN1CCSCC1)c1cccc(Br)c1. The Morgan fingerprint density at radius 2 is 2.12 bits per heavy atom. The first kappa shape index (κ1) is 12.1. The number of thioether (sulfide) groups is 1. The molecule has 0 atom stereocenters. The molecule has 0 radical (unpaired) electrons. The number of ketones is 1. The molecule has 4 heteroatoms. The van der Waals surface area contributed by atoms with Crippen molar-refractivity contribution in [2.45, 2.75) is 0 Å². The Bertz CT molecular complexity index is 377. The van der Waals surface area contributed by atoms with Crippen LogP contribution in [-0.2, 0) is 0 Å². The summed E-state index contributed by atoms with van der Waals surface area (Å²) in [6.45, 7) is 2.62. The van der Waals surface area contributed by atoms with Gasteiger partial charge >= 0.3 is 0 Å². The van der Waals surface area contributed by atoms with E-state index in [9.17, 15) is 4.79 Å². The third-order valence-electron chi connectivity index (χ3n) is 2.62. The van der Waals surface area contributed by atoms with E-state index in [-0.39, 0.29) is 5.78 Å². The highest BCUT2D eigenvalue weighted by molar-refractivity contribution is 9.10. The Morgan fingerprint density at radius 1 is 1.38 bits per heavy atom. The molecule has 0 saturated carbocycles. The van der Waals surface area contributed by atoms with Gasteiger partial charge in [-0.25, -0.2) is 0 Å². The molecule has 1 heterocycles. The molecule has 1 aliphatic heterocycles. The first-order valence-electron chi connectivity index (χ1n) is 5.34. The van der Waals surface area contributed by atoms with Gasteiger partial charge in [-0.2, -0.15) is 11.8 Å². The van der Waals surface area contributed by atoms with Gasteiger partial charge in [0.2, 0.25) is 0 Å². The second-order valence-electron chi connectivity index (χ2n) is 3.82. The van der Waals surface area contributed by atoms with E-state index in [1.54, 1.807) is 0 Å². The van der Waals surface area contributed by atoms with Crippen LogP contribution in [0.2, 0.25) is 0 Å². The lowest BCUT2D eigenvalue weighted by molar-refractivity contribution is 0.0937. The van der Waals surface area contributed by atoms with Gasteiger partial charge in [-0.1, -0.05) is 28.1 Å². The van der Waals surface area contributed by atoms with Crippen LogP contribution in [0.1, 0.15) is 10.4 Å². The minimum absolute atomic E-state index is 0.216. The van der Waals surface area contributed by atoms with Gasteiger partial charge in [-0.3, -0.25) is 9.69 Å². The number of nitrogens with zero attached hydrogens (tertiary/aromatic N) is 1. The predicted molar refractivity (Wildman–Crippen MR) is 72.2 cm³/mol. The van der Waals surface area contributed by atoms with Crippen LogP contribution in [0.5, 0.6) is 0 Å². The molecule has 2 rings (SSSR count). The minimum atomic E-state index is 0.216. The lowest BCUT2D eigenvalue weighted by Crippen LogP contribution is -2.36. The number of carbonyl (C=O) groups is 1. The van der Waals surface area contributed by atoms with Crippen LogP contribution in [0.25, 0.3) is 0 Å². The van der Waals surface area contributed by atoms with Crippen molar-refractivity contribution in [2.24, 2.45) is 0 Å². The predicted octanol–water partition coefficient (Wildman–Crippen LogP) is 2.68. The van der Waals surface area contributed by atoms with E-state index in [4.69, 9.17) is 0 Å².